The van der Waals surface area contributed by atoms with Crippen LogP contribution in [0.5, 0.6) is 0 Å². The number of rotatable bonds is 6. The molecule has 1 saturated heterocycles. The lowest BCUT2D eigenvalue weighted by atomic mass is 9.84. The maximum Gasteiger partial charge on any atom is 0.337 e. The monoisotopic (exact) mass is 426 g/mol. The van der Waals surface area contributed by atoms with Crippen LogP contribution in [0.1, 0.15) is 10.4 Å². The average Bonchev–Trinajstić information content (AvgIpc) is 2.96. The number of benzene rings is 1. The van der Waals surface area contributed by atoms with Gasteiger partial charge in [-0.25, -0.2) is 9.36 Å². The Hall–Kier alpha value is -2.74. The number of aromatic amines is 1. The molecule has 2 heterocycles. The highest BCUT2D eigenvalue weighted by Crippen LogP contribution is 2.48. The Morgan fingerprint density at radius 1 is 1.23 bits per heavy atom. The normalized spacial score (nSPS) is 29.1. The predicted octanol–water partition coefficient (Wildman–Crippen LogP) is -1.57. The molecule has 30 heavy (non-hydrogen) atoms. The average molecular weight is 426 g/mol. The summed E-state index contributed by atoms with van der Waals surface area (Å²) in [6.45, 7) is 0. The van der Waals surface area contributed by atoms with Crippen LogP contribution in [-0.4, -0.2) is 68.7 Å². The van der Waals surface area contributed by atoms with Gasteiger partial charge in [0.25, 0.3) is 5.56 Å². The molecular formula is C18H19FN2O9. The van der Waals surface area contributed by atoms with Crippen LogP contribution in [0.4, 0.5) is 4.39 Å². The zero-order valence-electron chi connectivity index (χ0n) is 15.8. The lowest BCUT2D eigenvalue weighted by Gasteiger charge is -2.34. The van der Waals surface area contributed by atoms with Crippen molar-refractivity contribution < 1.29 is 38.7 Å². The molecule has 0 saturated carbocycles. The zero-order chi connectivity index (χ0) is 22.3. The highest BCUT2D eigenvalue weighted by atomic mass is 19.2. The lowest BCUT2D eigenvalue weighted by Crippen LogP contribution is -2.63. The van der Waals surface area contributed by atoms with Crippen LogP contribution in [0, 0.1) is 0 Å². The molecule has 1 aromatic heterocycles. The number of nitrogens with one attached hydrogen (secondary N) is 1. The first kappa shape index (κ1) is 22.0. The van der Waals surface area contributed by atoms with E-state index in [1.54, 1.807) is 11.1 Å². The molecule has 1 aliphatic heterocycles. The number of hydrogen-bond acceptors (Lipinski definition) is 9. The Morgan fingerprint density at radius 2 is 1.83 bits per heavy atom. The van der Waals surface area contributed by atoms with Gasteiger partial charge in [0.2, 0.25) is 11.4 Å². The smallest absolute Gasteiger partial charge is 0.337 e. The van der Waals surface area contributed by atoms with Crippen LogP contribution in [0.3, 0.4) is 0 Å². The fourth-order valence-electron chi connectivity index (χ4n) is 3.28. The van der Waals surface area contributed by atoms with Gasteiger partial charge in [-0.1, -0.05) is 30.3 Å². The van der Waals surface area contributed by atoms with Crippen molar-refractivity contribution in [2.24, 2.45) is 0 Å². The number of carbonyl (C=O) groups is 1. The zero-order valence-corrected chi connectivity index (χ0v) is 15.8. The van der Waals surface area contributed by atoms with Crippen molar-refractivity contribution in [1.82, 2.24) is 9.55 Å². The van der Waals surface area contributed by atoms with Crippen LogP contribution in [0.25, 0.3) is 0 Å². The highest BCUT2D eigenvalue weighted by molar-refractivity contribution is 6.03. The second-order valence-electron chi connectivity index (χ2n) is 6.53. The standard InChI is InChI=1S/C18H19FN2O9/c1-28-17(27,29-2)14-13(24)16(26,12(23)10-6-4-3-5-7-10)18(19,30-14)21-9-8-11(22)20-15(21)25/h3-9,13-14,24,26-27H,1-2H3,(H,20,22,25)/t13-,14+,16-,18+/m1/s1. The van der Waals surface area contributed by atoms with Gasteiger partial charge >= 0.3 is 17.6 Å². The number of ketones is 1. The Morgan fingerprint density at radius 3 is 2.37 bits per heavy atom. The van der Waals surface area contributed by atoms with Crippen LogP contribution in [-0.2, 0) is 20.2 Å². The number of halogens is 1. The van der Waals surface area contributed by atoms with Gasteiger partial charge in [-0.15, -0.1) is 0 Å². The van der Waals surface area contributed by atoms with Gasteiger partial charge < -0.3 is 29.5 Å². The van der Waals surface area contributed by atoms with E-state index in [1.807, 2.05) is 0 Å². The number of hydrogen-bond donors (Lipinski definition) is 4. The van der Waals surface area contributed by atoms with Crippen molar-refractivity contribution >= 4 is 5.78 Å². The predicted molar refractivity (Wildman–Crippen MR) is 96.0 cm³/mol. The molecule has 3 rings (SSSR count). The molecule has 162 valence electrons. The van der Waals surface area contributed by atoms with Crippen LogP contribution in [0.2, 0.25) is 0 Å². The molecule has 0 aliphatic carbocycles. The minimum atomic E-state index is -3.78. The Labute approximate surface area is 167 Å². The number of nitrogens with zero attached hydrogens (tertiary/aromatic N) is 1. The van der Waals surface area contributed by atoms with Gasteiger partial charge in [0.15, 0.2) is 6.10 Å². The summed E-state index contributed by atoms with van der Waals surface area (Å²) < 4.78 is 30.8. The molecule has 4 N–H and O–H groups in total. The van der Waals surface area contributed by atoms with Gasteiger partial charge in [-0.2, -0.15) is 4.39 Å². The molecule has 12 heteroatoms. The van der Waals surface area contributed by atoms with E-state index in [4.69, 9.17) is 14.2 Å². The Bertz CT molecular complexity index is 1050. The van der Waals surface area contributed by atoms with E-state index >= 15 is 4.39 Å². The number of aliphatic hydroxyl groups excluding tert-OH is 1. The fourth-order valence-corrected chi connectivity index (χ4v) is 3.28. The molecule has 2 aromatic rings. The molecule has 11 nitrogen and oxygen atoms in total. The largest absolute Gasteiger partial charge is 0.386 e. The molecule has 1 fully saturated rings. The van der Waals surface area contributed by atoms with Crippen molar-refractivity contribution in [2.75, 3.05) is 14.2 Å². The minimum absolute atomic E-state index is 0.0736. The molecule has 0 amide bonds. The summed E-state index contributed by atoms with van der Waals surface area (Å²) in [5.74, 6) is -7.96. The van der Waals surface area contributed by atoms with E-state index < -0.39 is 46.8 Å². The number of Topliss-reactive ketones (excluding diaryl/α,β-unsaturated/α-hetero) is 1. The lowest BCUT2D eigenvalue weighted by molar-refractivity contribution is -0.402. The number of H-pyrrole nitrogens is 1. The summed E-state index contributed by atoms with van der Waals surface area (Å²) in [6, 6.07) is 7.59. The SMILES string of the molecule is COC(O)(OC)[C@H]1O[C@@](F)(n2ccc(=O)[nH]c2=O)[C@@](O)(C(=O)c2ccccc2)[C@@H]1O. The van der Waals surface area contributed by atoms with E-state index in [0.717, 1.165) is 20.3 Å². The van der Waals surface area contributed by atoms with Gasteiger partial charge in [0, 0.05) is 32.0 Å². The van der Waals surface area contributed by atoms with Crippen molar-refractivity contribution in [3.63, 3.8) is 0 Å². The maximum absolute atomic E-state index is 16.3. The summed E-state index contributed by atoms with van der Waals surface area (Å²) in [5, 5.41) is 32.3. The molecule has 0 bridgehead atoms. The molecule has 0 unspecified atom stereocenters. The van der Waals surface area contributed by atoms with E-state index in [0.29, 0.717) is 6.20 Å². The van der Waals surface area contributed by atoms with E-state index in [2.05, 4.69) is 0 Å². The van der Waals surface area contributed by atoms with Gasteiger partial charge in [0.05, 0.1) is 0 Å². The van der Waals surface area contributed by atoms with Crippen molar-refractivity contribution in [2.45, 2.75) is 29.8 Å². The molecular weight excluding hydrogens is 407 g/mol. The second kappa shape index (κ2) is 7.50. The second-order valence-corrected chi connectivity index (χ2v) is 6.53. The summed E-state index contributed by atoms with van der Waals surface area (Å²) in [4.78, 5) is 38.5. The van der Waals surface area contributed by atoms with Gasteiger partial charge in [-0.3, -0.25) is 14.6 Å². The molecule has 4 atom stereocenters. The van der Waals surface area contributed by atoms with Crippen molar-refractivity contribution in [3.05, 3.63) is 69.0 Å². The quantitative estimate of drug-likeness (QED) is 0.316. The molecule has 0 spiro atoms. The first-order chi connectivity index (χ1) is 14.0. The van der Waals surface area contributed by atoms with Crippen molar-refractivity contribution in [1.29, 1.82) is 0 Å². The van der Waals surface area contributed by atoms with E-state index in [1.165, 1.54) is 24.3 Å². The van der Waals surface area contributed by atoms with Crippen molar-refractivity contribution in [3.8, 4) is 0 Å². The maximum atomic E-state index is 16.3. The van der Waals surface area contributed by atoms with Gasteiger partial charge in [0.1, 0.15) is 6.10 Å². The summed E-state index contributed by atoms with van der Waals surface area (Å²) in [6.07, 6.45) is -4.06. The topological polar surface area (TPSA) is 160 Å². The molecule has 1 aliphatic rings. The summed E-state index contributed by atoms with van der Waals surface area (Å²) in [7, 11) is 1.87. The van der Waals surface area contributed by atoms with Crippen LogP contribution in [0.15, 0.2) is 52.2 Å². The first-order valence-corrected chi connectivity index (χ1v) is 8.57. The highest BCUT2D eigenvalue weighted by Gasteiger charge is 2.76. The van der Waals surface area contributed by atoms with Crippen LogP contribution >= 0.6 is 0 Å². The number of aliphatic hydroxyl groups is 3. The third-order valence-electron chi connectivity index (χ3n) is 4.93. The fraction of sp³-hybridized carbons (Fsp3) is 0.389. The number of carbonyl (C=O) groups excluding carboxylic acids is 1. The molecule has 1 aromatic carbocycles. The number of alkyl halides is 1. The Kier molecular flexibility index (Phi) is 5.49. The number of aromatic nitrogens is 2. The summed E-state index contributed by atoms with van der Waals surface area (Å²) >= 11 is 0. The van der Waals surface area contributed by atoms with Gasteiger partial charge in [-0.05, 0) is 0 Å². The third kappa shape index (κ3) is 3.01. The number of methoxy groups -OCH3 is 2. The third-order valence-corrected chi connectivity index (χ3v) is 4.93. The van der Waals surface area contributed by atoms with E-state index in [9.17, 15) is 29.7 Å². The Balaban J connectivity index is 2.27. The van der Waals surface area contributed by atoms with Crippen LogP contribution < -0.4 is 11.2 Å². The minimum Gasteiger partial charge on any atom is -0.386 e. The first-order valence-electron chi connectivity index (χ1n) is 8.57. The van der Waals surface area contributed by atoms with E-state index in [-0.39, 0.29) is 10.1 Å². The number of ether oxygens (including phenoxy) is 3. The summed E-state index contributed by atoms with van der Waals surface area (Å²) in [5.41, 5.74) is -5.98. The molecule has 0 radical (unpaired) electrons.